The number of aryl methyl sites for hydroxylation is 1. The molecular weight excluding hydrogens is 277 g/mol. The first-order valence-electron chi connectivity index (χ1n) is 7.23. The molecule has 0 saturated carbocycles. The lowest BCUT2D eigenvalue weighted by Gasteiger charge is -2.31. The van der Waals surface area contributed by atoms with Crippen molar-refractivity contribution in [2.75, 3.05) is 18.8 Å². The largest absolute Gasteiger partial charge is 0.213 e. The zero-order valence-electron chi connectivity index (χ0n) is 11.9. The first-order valence-corrected chi connectivity index (χ1v) is 8.84. The molecule has 1 heterocycles. The molecule has 1 aromatic rings. The molecule has 112 valence electrons. The second-order valence-corrected chi connectivity index (χ2v) is 7.69. The molecule has 1 fully saturated rings. The van der Waals surface area contributed by atoms with Crippen molar-refractivity contribution in [3.8, 4) is 0 Å². The summed E-state index contributed by atoms with van der Waals surface area (Å²) < 4.78 is 38.5. The Bertz CT molecular complexity index is 545. The molecular formula is C15H22FNO2S. The highest BCUT2D eigenvalue weighted by molar-refractivity contribution is 7.89. The van der Waals surface area contributed by atoms with Crippen molar-refractivity contribution >= 4 is 10.0 Å². The molecule has 1 aliphatic heterocycles. The van der Waals surface area contributed by atoms with Gasteiger partial charge in [0.2, 0.25) is 10.0 Å². The van der Waals surface area contributed by atoms with Crippen LogP contribution in [0.3, 0.4) is 0 Å². The molecule has 0 aliphatic carbocycles. The Labute approximate surface area is 120 Å². The van der Waals surface area contributed by atoms with E-state index in [0.29, 0.717) is 19.0 Å². The second kappa shape index (κ2) is 6.68. The number of benzene rings is 1. The number of hydrogen-bond donors (Lipinski definition) is 0. The van der Waals surface area contributed by atoms with Crippen LogP contribution in [0.5, 0.6) is 0 Å². The van der Waals surface area contributed by atoms with Crippen molar-refractivity contribution in [1.82, 2.24) is 4.31 Å². The fourth-order valence-corrected chi connectivity index (χ4v) is 3.97. The van der Waals surface area contributed by atoms with E-state index in [1.165, 1.54) is 6.07 Å². The number of rotatable bonds is 5. The Kier molecular flexibility index (Phi) is 5.16. The van der Waals surface area contributed by atoms with Crippen molar-refractivity contribution in [1.29, 1.82) is 0 Å². The van der Waals surface area contributed by atoms with Gasteiger partial charge in [-0.1, -0.05) is 12.1 Å². The maximum absolute atomic E-state index is 13.1. The summed E-state index contributed by atoms with van der Waals surface area (Å²) in [7, 11) is -3.07. The third kappa shape index (κ3) is 4.03. The van der Waals surface area contributed by atoms with E-state index in [1.807, 2.05) is 6.07 Å². The van der Waals surface area contributed by atoms with E-state index in [9.17, 15) is 12.8 Å². The summed E-state index contributed by atoms with van der Waals surface area (Å²) in [5, 5.41) is 0. The van der Waals surface area contributed by atoms with Gasteiger partial charge in [-0.05, 0) is 56.2 Å². The molecule has 2 rings (SSSR count). The molecule has 3 nitrogen and oxygen atoms in total. The van der Waals surface area contributed by atoms with Gasteiger partial charge in [-0.3, -0.25) is 0 Å². The minimum atomic E-state index is -3.07. The molecule has 0 N–H and O–H groups in total. The predicted molar refractivity (Wildman–Crippen MR) is 78.5 cm³/mol. The van der Waals surface area contributed by atoms with E-state index in [0.717, 1.165) is 31.2 Å². The highest BCUT2D eigenvalue weighted by Gasteiger charge is 2.27. The first-order chi connectivity index (χ1) is 9.51. The fourth-order valence-electron chi connectivity index (χ4n) is 2.76. The van der Waals surface area contributed by atoms with Crippen molar-refractivity contribution in [3.05, 3.63) is 35.6 Å². The molecule has 0 aromatic heterocycles. The molecule has 0 bridgehead atoms. The molecule has 1 saturated heterocycles. The monoisotopic (exact) mass is 299 g/mol. The highest BCUT2D eigenvalue weighted by atomic mass is 32.2. The Morgan fingerprint density at radius 2 is 2.20 bits per heavy atom. The normalized spacial score (nSPS) is 21.0. The second-order valence-electron chi connectivity index (χ2n) is 5.44. The zero-order chi connectivity index (χ0) is 14.6. The van der Waals surface area contributed by atoms with Crippen LogP contribution < -0.4 is 0 Å². The van der Waals surface area contributed by atoms with Gasteiger partial charge in [0.05, 0.1) is 5.75 Å². The average Bonchev–Trinajstić information content (AvgIpc) is 2.45. The molecule has 5 heteroatoms. The van der Waals surface area contributed by atoms with Gasteiger partial charge in [0.1, 0.15) is 5.82 Å². The number of hydrogen-bond acceptors (Lipinski definition) is 2. The van der Waals surface area contributed by atoms with Crippen LogP contribution in [-0.4, -0.2) is 31.6 Å². The highest BCUT2D eigenvalue weighted by Crippen LogP contribution is 2.23. The van der Waals surface area contributed by atoms with Crippen LogP contribution in [0.15, 0.2) is 24.3 Å². The molecule has 0 amide bonds. The molecule has 1 aliphatic rings. The summed E-state index contributed by atoms with van der Waals surface area (Å²) in [5.74, 6) is 0.346. The molecule has 1 atom stereocenters. The number of piperidine rings is 1. The summed E-state index contributed by atoms with van der Waals surface area (Å²) in [6.45, 7) is 2.95. The quantitative estimate of drug-likeness (QED) is 0.838. The van der Waals surface area contributed by atoms with Gasteiger partial charge in [-0.25, -0.2) is 17.1 Å². The van der Waals surface area contributed by atoms with Crippen LogP contribution >= 0.6 is 0 Å². The van der Waals surface area contributed by atoms with Crippen molar-refractivity contribution in [2.45, 2.75) is 32.6 Å². The van der Waals surface area contributed by atoms with E-state index >= 15 is 0 Å². The Hall–Kier alpha value is -0.940. The zero-order valence-corrected chi connectivity index (χ0v) is 12.7. The van der Waals surface area contributed by atoms with E-state index in [1.54, 1.807) is 23.4 Å². The minimum absolute atomic E-state index is 0.170. The van der Waals surface area contributed by atoms with Gasteiger partial charge in [-0.15, -0.1) is 0 Å². The fraction of sp³-hybridized carbons (Fsp3) is 0.600. The Balaban J connectivity index is 1.90. The maximum Gasteiger partial charge on any atom is 0.213 e. The van der Waals surface area contributed by atoms with Gasteiger partial charge >= 0.3 is 0 Å². The maximum atomic E-state index is 13.1. The smallest absolute Gasteiger partial charge is 0.212 e. The van der Waals surface area contributed by atoms with Gasteiger partial charge in [0, 0.05) is 13.1 Å². The predicted octanol–water partition coefficient (Wildman–Crippen LogP) is 2.82. The van der Waals surface area contributed by atoms with Crippen LogP contribution in [0, 0.1) is 11.7 Å². The van der Waals surface area contributed by atoms with Gasteiger partial charge < -0.3 is 0 Å². The van der Waals surface area contributed by atoms with Crippen LogP contribution in [0.1, 0.15) is 31.7 Å². The van der Waals surface area contributed by atoms with Crippen LogP contribution in [0.4, 0.5) is 4.39 Å². The number of halogens is 1. The molecule has 0 radical (unpaired) electrons. The molecule has 0 unspecified atom stereocenters. The molecule has 0 spiro atoms. The van der Waals surface area contributed by atoms with Crippen molar-refractivity contribution in [2.24, 2.45) is 5.92 Å². The Morgan fingerprint density at radius 1 is 1.40 bits per heavy atom. The number of nitrogens with zero attached hydrogens (tertiary/aromatic N) is 1. The summed E-state index contributed by atoms with van der Waals surface area (Å²) in [4.78, 5) is 0. The van der Waals surface area contributed by atoms with E-state index in [4.69, 9.17) is 0 Å². The van der Waals surface area contributed by atoms with Gasteiger partial charge in [0.15, 0.2) is 0 Å². The third-order valence-electron chi connectivity index (χ3n) is 3.97. The summed E-state index contributed by atoms with van der Waals surface area (Å²) >= 11 is 0. The SMILES string of the molecule is CCS(=O)(=O)N1CCC[C@@H](CCc2cccc(F)c2)C1. The van der Waals surface area contributed by atoms with E-state index in [2.05, 4.69) is 0 Å². The van der Waals surface area contributed by atoms with Gasteiger partial charge in [0.25, 0.3) is 0 Å². The van der Waals surface area contributed by atoms with Crippen LogP contribution in [0.2, 0.25) is 0 Å². The van der Waals surface area contributed by atoms with E-state index < -0.39 is 10.0 Å². The van der Waals surface area contributed by atoms with Crippen LogP contribution in [-0.2, 0) is 16.4 Å². The molecule has 1 aromatic carbocycles. The minimum Gasteiger partial charge on any atom is -0.212 e. The van der Waals surface area contributed by atoms with Crippen molar-refractivity contribution < 1.29 is 12.8 Å². The standard InChI is InChI=1S/C15H22FNO2S/c1-2-20(18,19)17-10-4-6-14(12-17)9-8-13-5-3-7-15(16)11-13/h3,5,7,11,14H,2,4,6,8-10,12H2,1H3/t14-/m0/s1. The summed E-state index contributed by atoms with van der Waals surface area (Å²) in [5.41, 5.74) is 0.987. The average molecular weight is 299 g/mol. The Morgan fingerprint density at radius 3 is 2.90 bits per heavy atom. The third-order valence-corrected chi connectivity index (χ3v) is 5.82. The number of sulfonamides is 1. The first kappa shape index (κ1) is 15.4. The van der Waals surface area contributed by atoms with E-state index in [-0.39, 0.29) is 11.6 Å². The van der Waals surface area contributed by atoms with Crippen LogP contribution in [0.25, 0.3) is 0 Å². The lowest BCUT2D eigenvalue weighted by molar-refractivity contribution is 0.256. The topological polar surface area (TPSA) is 37.4 Å². The van der Waals surface area contributed by atoms with Gasteiger partial charge in [-0.2, -0.15) is 0 Å². The van der Waals surface area contributed by atoms with Crippen molar-refractivity contribution in [3.63, 3.8) is 0 Å². The summed E-state index contributed by atoms with van der Waals surface area (Å²) in [6.07, 6.45) is 3.71. The lowest BCUT2D eigenvalue weighted by atomic mass is 9.93. The molecule has 20 heavy (non-hydrogen) atoms. The lowest BCUT2D eigenvalue weighted by Crippen LogP contribution is -2.40. The summed E-state index contributed by atoms with van der Waals surface area (Å²) in [6, 6.07) is 6.65.